The number of aliphatic hydroxyl groups is 1. The zero-order valence-electron chi connectivity index (χ0n) is 37.5. The molecule has 0 spiro atoms. The smallest absolute Gasteiger partial charge is 0.332 e. The maximum absolute atomic E-state index is 13.4. The molecule has 0 radical (unpaired) electrons. The van der Waals surface area contributed by atoms with E-state index in [2.05, 4.69) is 19.9 Å². The van der Waals surface area contributed by atoms with Gasteiger partial charge in [-0.3, -0.25) is 37.8 Å². The number of aldehydes is 1. The van der Waals surface area contributed by atoms with Gasteiger partial charge in [-0.15, -0.1) is 0 Å². The van der Waals surface area contributed by atoms with Gasteiger partial charge in [0.1, 0.15) is 34.8 Å². The Hall–Kier alpha value is -6.29. The van der Waals surface area contributed by atoms with E-state index in [9.17, 15) is 29.1 Å². The van der Waals surface area contributed by atoms with Crippen LogP contribution in [-0.4, -0.2) is 49.6 Å². The average molecular weight is 853 g/mol. The summed E-state index contributed by atoms with van der Waals surface area (Å²) in [5.41, 5.74) is 1.25. The summed E-state index contributed by atoms with van der Waals surface area (Å²) in [7, 11) is 3.20. The first-order chi connectivity index (χ1) is 29.5. The molecule has 1 unspecified atom stereocenters. The Bertz CT molecular complexity index is 2720. The molecule has 6 rings (SSSR count). The molecule has 0 bridgehead atoms. The van der Waals surface area contributed by atoms with Crippen LogP contribution in [0.4, 0.5) is 0 Å². The fraction of sp³-hybridized carbons (Fsp3) is 0.457. The van der Waals surface area contributed by atoms with Gasteiger partial charge in [-0.05, 0) is 74.3 Å². The molecule has 1 N–H and O–H groups in total. The van der Waals surface area contributed by atoms with Crippen molar-refractivity contribution in [2.45, 2.75) is 113 Å². The number of aryl methyl sites for hydroxylation is 4. The number of rotatable bonds is 15. The molecule has 0 amide bonds. The van der Waals surface area contributed by atoms with Gasteiger partial charge in [0, 0.05) is 51.6 Å². The summed E-state index contributed by atoms with van der Waals surface area (Å²) in [4.78, 5) is 77.7. The molecule has 0 aromatic carbocycles. The number of ether oxygens (including phenoxy) is 2. The number of hydrogen-bond acceptors (Lipinski definition) is 12. The van der Waals surface area contributed by atoms with Crippen LogP contribution in [0, 0.1) is 25.7 Å². The molecular formula is C46H60N8O8. The number of hydrogen-bond donors (Lipinski definition) is 1. The molecule has 0 aliphatic rings. The zero-order chi connectivity index (χ0) is 45.7. The largest absolute Gasteiger partial charge is 0.454 e. The SMILES string of the molecule is CC(C)CC=O.CCCCn1c(=O)c2c(C(O)CC(C)C)c(Oc3cncc(C)c3)cnc2n(C)c1=O.CCCCn1c(=O)c2cc(Oc3cncc(C)c3)cnc2n(C)c1=O. The van der Waals surface area contributed by atoms with Crippen molar-refractivity contribution in [2.24, 2.45) is 25.9 Å². The van der Waals surface area contributed by atoms with Crippen molar-refractivity contribution >= 4 is 28.4 Å². The fourth-order valence-corrected chi connectivity index (χ4v) is 6.50. The Balaban J connectivity index is 0.000000245. The summed E-state index contributed by atoms with van der Waals surface area (Å²) in [6.45, 7) is 16.6. The lowest BCUT2D eigenvalue weighted by atomic mass is 9.97. The quantitative estimate of drug-likeness (QED) is 0.103. The normalized spacial score (nSPS) is 11.6. The van der Waals surface area contributed by atoms with E-state index in [1.807, 2.05) is 67.5 Å². The maximum atomic E-state index is 13.4. The highest BCUT2D eigenvalue weighted by Crippen LogP contribution is 2.35. The average Bonchev–Trinajstić information content (AvgIpc) is 3.22. The van der Waals surface area contributed by atoms with Gasteiger partial charge in [-0.2, -0.15) is 0 Å². The number of carbonyl (C=O) groups excluding carboxylic acids is 1. The van der Waals surface area contributed by atoms with Gasteiger partial charge in [-0.25, -0.2) is 19.6 Å². The highest BCUT2D eigenvalue weighted by Gasteiger charge is 2.25. The van der Waals surface area contributed by atoms with Crippen molar-refractivity contribution in [1.29, 1.82) is 0 Å². The number of nitrogens with zero attached hydrogens (tertiary/aromatic N) is 8. The van der Waals surface area contributed by atoms with Crippen molar-refractivity contribution < 1.29 is 19.4 Å². The van der Waals surface area contributed by atoms with E-state index < -0.39 is 17.4 Å². The summed E-state index contributed by atoms with van der Waals surface area (Å²) in [5, 5.41) is 11.7. The minimum Gasteiger partial charge on any atom is -0.454 e. The number of pyridine rings is 4. The minimum atomic E-state index is -0.955. The molecule has 0 fully saturated rings. The topological polar surface area (TPSA) is 195 Å². The van der Waals surface area contributed by atoms with Crippen LogP contribution >= 0.6 is 0 Å². The Labute approximate surface area is 360 Å². The van der Waals surface area contributed by atoms with Crippen molar-refractivity contribution in [3.63, 3.8) is 0 Å². The van der Waals surface area contributed by atoms with Crippen LogP contribution in [-0.2, 0) is 32.0 Å². The van der Waals surface area contributed by atoms with Crippen LogP contribution < -0.4 is 32.0 Å². The molecule has 62 heavy (non-hydrogen) atoms. The van der Waals surface area contributed by atoms with Crippen molar-refractivity contribution in [3.8, 4) is 23.0 Å². The monoisotopic (exact) mass is 852 g/mol. The summed E-state index contributed by atoms with van der Waals surface area (Å²) >= 11 is 0. The molecule has 332 valence electrons. The van der Waals surface area contributed by atoms with Gasteiger partial charge in [0.25, 0.3) is 11.1 Å². The van der Waals surface area contributed by atoms with E-state index in [1.54, 1.807) is 44.9 Å². The van der Waals surface area contributed by atoms with Crippen LogP contribution in [0.1, 0.15) is 103 Å². The first-order valence-corrected chi connectivity index (χ1v) is 21.0. The number of carbonyl (C=O) groups is 1. The predicted octanol–water partition coefficient (Wildman–Crippen LogP) is 7.09. The third-order valence-electron chi connectivity index (χ3n) is 9.74. The van der Waals surface area contributed by atoms with Gasteiger partial charge in [0.15, 0.2) is 5.75 Å². The molecule has 0 aliphatic heterocycles. The lowest BCUT2D eigenvalue weighted by Gasteiger charge is -2.20. The lowest BCUT2D eigenvalue weighted by Crippen LogP contribution is -2.40. The Morgan fingerprint density at radius 1 is 0.677 bits per heavy atom. The molecule has 16 nitrogen and oxygen atoms in total. The third-order valence-corrected chi connectivity index (χ3v) is 9.74. The number of aliphatic hydroxyl groups excluding tert-OH is 1. The minimum absolute atomic E-state index is 0.182. The first kappa shape index (κ1) is 48.4. The van der Waals surface area contributed by atoms with E-state index >= 15 is 0 Å². The van der Waals surface area contributed by atoms with Crippen LogP contribution in [0.25, 0.3) is 22.1 Å². The van der Waals surface area contributed by atoms with Crippen molar-refractivity contribution in [3.05, 3.63) is 114 Å². The van der Waals surface area contributed by atoms with Gasteiger partial charge in [0.05, 0.1) is 41.7 Å². The summed E-state index contributed by atoms with van der Waals surface area (Å²) in [5.74, 6) is 2.47. The standard InChI is InChI=1S/C23H30N4O4.C18H20N4O3.C5H10O/c1-6-7-8-27-22(29)20-19(17(28)9-14(2)3)18(13-25-21(20)26(5)23(27)30)31-16-10-15(4)11-24-12-16;1-4-5-6-22-17(23)15-8-14(11-20-16(15)21(3)18(22)24)25-13-7-12(2)9-19-10-13;1-5(2)3-4-6/h10-14,17,28H,6-9H2,1-5H3;7-11H,4-6H2,1-3H3;4-5H,3H2,1-2H3. The van der Waals surface area contributed by atoms with E-state index in [0.717, 1.165) is 36.7 Å². The van der Waals surface area contributed by atoms with Gasteiger partial charge in [0.2, 0.25) is 0 Å². The van der Waals surface area contributed by atoms with Crippen LogP contribution in [0.15, 0.2) is 74.6 Å². The Morgan fingerprint density at radius 2 is 1.19 bits per heavy atom. The zero-order valence-corrected chi connectivity index (χ0v) is 37.5. The van der Waals surface area contributed by atoms with Crippen molar-refractivity contribution in [2.75, 3.05) is 0 Å². The molecule has 16 heteroatoms. The van der Waals surface area contributed by atoms with Crippen LogP contribution in [0.3, 0.4) is 0 Å². The summed E-state index contributed by atoms with van der Waals surface area (Å²) in [6, 6.07) is 5.28. The lowest BCUT2D eigenvalue weighted by molar-refractivity contribution is -0.108. The second-order valence-corrected chi connectivity index (χ2v) is 16.1. The molecule has 0 aliphatic carbocycles. The summed E-state index contributed by atoms with van der Waals surface area (Å²) < 4.78 is 17.0. The molecule has 0 saturated carbocycles. The molecular weight excluding hydrogens is 793 g/mol. The third kappa shape index (κ3) is 12.2. The van der Waals surface area contributed by atoms with E-state index in [0.29, 0.717) is 72.1 Å². The molecule has 6 aromatic rings. The first-order valence-electron chi connectivity index (χ1n) is 21.0. The highest BCUT2D eigenvalue weighted by atomic mass is 16.5. The van der Waals surface area contributed by atoms with Crippen molar-refractivity contribution in [1.82, 2.24) is 38.2 Å². The Morgan fingerprint density at radius 3 is 1.69 bits per heavy atom. The number of fused-ring (bicyclic) bond motifs is 2. The van der Waals surface area contributed by atoms with Gasteiger partial charge >= 0.3 is 11.4 Å². The van der Waals surface area contributed by atoms with Gasteiger partial charge in [-0.1, -0.05) is 54.4 Å². The second kappa shape index (κ2) is 22.5. The van der Waals surface area contributed by atoms with E-state index in [4.69, 9.17) is 9.47 Å². The molecule has 6 aromatic heterocycles. The molecule has 6 heterocycles. The fourth-order valence-electron chi connectivity index (χ4n) is 6.50. The number of unbranched alkanes of at least 4 members (excludes halogenated alkanes) is 2. The second-order valence-electron chi connectivity index (χ2n) is 16.1. The van der Waals surface area contributed by atoms with E-state index in [-0.39, 0.29) is 33.9 Å². The predicted molar refractivity (Wildman–Crippen MR) is 240 cm³/mol. The van der Waals surface area contributed by atoms with Gasteiger partial charge < -0.3 is 19.4 Å². The summed E-state index contributed by atoms with van der Waals surface area (Å²) in [6.07, 6.45) is 13.9. The maximum Gasteiger partial charge on any atom is 0.332 e. The Kier molecular flexibility index (Phi) is 17.6. The number of aromatic nitrogens is 8. The van der Waals surface area contributed by atoms with Crippen LogP contribution in [0.5, 0.6) is 23.0 Å². The highest BCUT2D eigenvalue weighted by molar-refractivity contribution is 5.81. The molecule has 1 atom stereocenters. The van der Waals surface area contributed by atoms with Crippen LogP contribution in [0.2, 0.25) is 0 Å². The molecule has 0 saturated heterocycles. The van der Waals surface area contributed by atoms with E-state index in [1.165, 1.54) is 30.7 Å².